The summed E-state index contributed by atoms with van der Waals surface area (Å²) in [4.78, 5) is 13.1. The van der Waals surface area contributed by atoms with Crippen molar-refractivity contribution in [3.8, 4) is 11.3 Å². The van der Waals surface area contributed by atoms with Crippen molar-refractivity contribution >= 4 is 17.6 Å². The summed E-state index contributed by atoms with van der Waals surface area (Å²) in [7, 11) is 0. The van der Waals surface area contributed by atoms with Crippen molar-refractivity contribution in [3.63, 3.8) is 0 Å². The molecule has 4 heteroatoms. The number of aromatic nitrogens is 2. The quantitative estimate of drug-likeness (QED) is 0.356. The highest BCUT2D eigenvalue weighted by Crippen LogP contribution is 2.54. The number of hydrogen-bond donors (Lipinski definition) is 0. The lowest BCUT2D eigenvalue weighted by Crippen LogP contribution is -2.34. The Bertz CT molecular complexity index is 1080. The second kappa shape index (κ2) is 7.98. The number of benzene rings is 2. The molecule has 1 saturated carbocycles. The first-order chi connectivity index (χ1) is 15.3. The zero-order chi connectivity index (χ0) is 20.7. The lowest BCUT2D eigenvalue weighted by atomic mass is 9.68. The van der Waals surface area contributed by atoms with Crippen molar-refractivity contribution in [2.45, 2.75) is 61.3 Å². The molecule has 0 N–H and O–H groups in total. The predicted molar refractivity (Wildman–Crippen MR) is 129 cm³/mol. The van der Waals surface area contributed by atoms with Gasteiger partial charge >= 0.3 is 0 Å². The van der Waals surface area contributed by atoms with Crippen LogP contribution in [0.4, 0.5) is 5.82 Å². The summed E-state index contributed by atoms with van der Waals surface area (Å²) in [5, 5.41) is 0.925. The standard InChI is InChI=1S/C27H29N3S/c1-2-10-20(11-3-1)19-31-26-28-24-22-13-5-4-12-21(22)18-27(14-6-7-15-27)23(24)25(29-26)30-16-8-9-17-30/h1-5,10-13H,6-9,14-19H2. The molecule has 2 fully saturated rings. The molecule has 1 saturated heterocycles. The summed E-state index contributed by atoms with van der Waals surface area (Å²) < 4.78 is 0. The highest BCUT2D eigenvalue weighted by molar-refractivity contribution is 7.98. The molecule has 3 nitrogen and oxygen atoms in total. The van der Waals surface area contributed by atoms with Crippen molar-refractivity contribution in [2.75, 3.05) is 18.0 Å². The molecule has 0 atom stereocenters. The van der Waals surface area contributed by atoms with E-state index in [-0.39, 0.29) is 5.41 Å². The molecule has 0 bridgehead atoms. The maximum atomic E-state index is 5.25. The maximum Gasteiger partial charge on any atom is 0.190 e. The van der Waals surface area contributed by atoms with Gasteiger partial charge in [0.15, 0.2) is 5.16 Å². The largest absolute Gasteiger partial charge is 0.356 e. The van der Waals surface area contributed by atoms with Crippen LogP contribution in [-0.2, 0) is 17.6 Å². The summed E-state index contributed by atoms with van der Waals surface area (Å²) in [6.45, 7) is 2.26. The number of hydrogen-bond acceptors (Lipinski definition) is 4. The van der Waals surface area contributed by atoms with Gasteiger partial charge in [0.2, 0.25) is 0 Å². The normalized spacial score (nSPS) is 18.9. The average molecular weight is 428 g/mol. The van der Waals surface area contributed by atoms with Gasteiger partial charge in [-0.05, 0) is 43.2 Å². The van der Waals surface area contributed by atoms with E-state index in [1.165, 1.54) is 72.3 Å². The summed E-state index contributed by atoms with van der Waals surface area (Å²) >= 11 is 1.78. The van der Waals surface area contributed by atoms with Gasteiger partial charge in [-0.1, -0.05) is 79.2 Å². The van der Waals surface area contributed by atoms with E-state index in [1.807, 2.05) is 0 Å². The number of rotatable bonds is 4. The predicted octanol–water partition coefficient (Wildman–Crippen LogP) is 6.40. The molecule has 2 aromatic carbocycles. The highest BCUT2D eigenvalue weighted by atomic mass is 32.2. The number of nitrogens with zero attached hydrogens (tertiary/aromatic N) is 3. The fourth-order valence-electron chi connectivity index (χ4n) is 5.89. The first kappa shape index (κ1) is 19.4. The maximum absolute atomic E-state index is 5.25. The zero-order valence-corrected chi connectivity index (χ0v) is 18.8. The van der Waals surface area contributed by atoms with Crippen molar-refractivity contribution in [2.24, 2.45) is 0 Å². The first-order valence-electron chi connectivity index (χ1n) is 11.7. The Balaban J connectivity index is 1.50. The van der Waals surface area contributed by atoms with E-state index < -0.39 is 0 Å². The van der Waals surface area contributed by atoms with Gasteiger partial charge < -0.3 is 4.90 Å². The Morgan fingerprint density at radius 3 is 2.39 bits per heavy atom. The fourth-order valence-corrected chi connectivity index (χ4v) is 6.69. The van der Waals surface area contributed by atoms with Crippen molar-refractivity contribution in [1.82, 2.24) is 9.97 Å². The molecule has 0 unspecified atom stereocenters. The second-order valence-corrected chi connectivity index (χ2v) is 10.3. The van der Waals surface area contributed by atoms with Crippen molar-refractivity contribution in [1.29, 1.82) is 0 Å². The Labute approximate surface area is 189 Å². The van der Waals surface area contributed by atoms with Crippen LogP contribution in [-0.4, -0.2) is 23.1 Å². The van der Waals surface area contributed by atoms with Crippen LogP contribution in [0.15, 0.2) is 59.8 Å². The summed E-state index contributed by atoms with van der Waals surface area (Å²) in [6, 6.07) is 19.6. The smallest absolute Gasteiger partial charge is 0.190 e. The SMILES string of the molecule is c1ccc(CSc2nc3c(c(N4CCCC4)n2)C2(CCCC2)Cc2ccccc2-3)cc1. The lowest BCUT2D eigenvalue weighted by Gasteiger charge is -2.39. The molecule has 0 amide bonds. The topological polar surface area (TPSA) is 29.0 Å². The summed E-state index contributed by atoms with van der Waals surface area (Å²) in [5.41, 5.74) is 7.04. The molecule has 3 aliphatic rings. The van der Waals surface area contributed by atoms with Gasteiger partial charge in [-0.3, -0.25) is 0 Å². The molecule has 31 heavy (non-hydrogen) atoms. The Morgan fingerprint density at radius 2 is 1.58 bits per heavy atom. The van der Waals surface area contributed by atoms with Crippen LogP contribution in [0.1, 0.15) is 55.2 Å². The van der Waals surface area contributed by atoms with E-state index in [1.54, 1.807) is 11.8 Å². The van der Waals surface area contributed by atoms with Crippen LogP contribution in [0.25, 0.3) is 11.3 Å². The molecule has 3 aromatic rings. The highest BCUT2D eigenvalue weighted by Gasteiger charge is 2.45. The molecule has 1 aromatic heterocycles. The summed E-state index contributed by atoms with van der Waals surface area (Å²) in [5.74, 6) is 2.15. The molecule has 1 aliphatic heterocycles. The van der Waals surface area contributed by atoms with Gasteiger partial charge in [0.1, 0.15) is 5.82 Å². The van der Waals surface area contributed by atoms with E-state index in [0.717, 1.165) is 30.4 Å². The zero-order valence-electron chi connectivity index (χ0n) is 18.0. The van der Waals surface area contributed by atoms with Gasteiger partial charge in [-0.25, -0.2) is 9.97 Å². The van der Waals surface area contributed by atoms with Crippen LogP contribution in [0.5, 0.6) is 0 Å². The molecule has 1 spiro atoms. The molecular formula is C27H29N3S. The minimum atomic E-state index is 0.226. The number of thioether (sulfide) groups is 1. The average Bonchev–Trinajstić information content (AvgIpc) is 3.51. The molecule has 158 valence electrons. The molecule has 0 radical (unpaired) electrons. The third kappa shape index (κ3) is 3.45. The van der Waals surface area contributed by atoms with E-state index in [0.29, 0.717) is 0 Å². The molecule has 2 aliphatic carbocycles. The van der Waals surface area contributed by atoms with Gasteiger partial charge in [0.05, 0.1) is 5.69 Å². The fraction of sp³-hybridized carbons (Fsp3) is 0.407. The monoisotopic (exact) mass is 427 g/mol. The third-order valence-electron chi connectivity index (χ3n) is 7.38. The van der Waals surface area contributed by atoms with Crippen LogP contribution in [0, 0.1) is 0 Å². The van der Waals surface area contributed by atoms with Crippen molar-refractivity contribution in [3.05, 3.63) is 71.3 Å². The van der Waals surface area contributed by atoms with Crippen LogP contribution >= 0.6 is 11.8 Å². The minimum absolute atomic E-state index is 0.226. The molecule has 6 rings (SSSR count). The van der Waals surface area contributed by atoms with Crippen LogP contribution in [0.2, 0.25) is 0 Å². The molecule has 2 heterocycles. The minimum Gasteiger partial charge on any atom is -0.356 e. The molecular weight excluding hydrogens is 398 g/mol. The number of fused-ring (bicyclic) bond motifs is 4. The van der Waals surface area contributed by atoms with Crippen LogP contribution < -0.4 is 4.90 Å². The van der Waals surface area contributed by atoms with E-state index in [2.05, 4.69) is 59.5 Å². The first-order valence-corrected chi connectivity index (χ1v) is 12.7. The van der Waals surface area contributed by atoms with Gasteiger partial charge in [-0.15, -0.1) is 0 Å². The summed E-state index contributed by atoms with van der Waals surface area (Å²) in [6.07, 6.45) is 8.89. The Morgan fingerprint density at radius 1 is 0.839 bits per heavy atom. The third-order valence-corrected chi connectivity index (χ3v) is 8.30. The Kier molecular flexibility index (Phi) is 4.98. The second-order valence-electron chi connectivity index (χ2n) is 9.34. The lowest BCUT2D eigenvalue weighted by molar-refractivity contribution is 0.429. The van der Waals surface area contributed by atoms with Crippen LogP contribution in [0.3, 0.4) is 0 Å². The van der Waals surface area contributed by atoms with E-state index in [4.69, 9.17) is 9.97 Å². The van der Waals surface area contributed by atoms with E-state index in [9.17, 15) is 0 Å². The van der Waals surface area contributed by atoms with E-state index >= 15 is 0 Å². The van der Waals surface area contributed by atoms with Gasteiger partial charge in [0.25, 0.3) is 0 Å². The van der Waals surface area contributed by atoms with Gasteiger partial charge in [-0.2, -0.15) is 0 Å². The number of anilines is 1. The van der Waals surface area contributed by atoms with Crippen molar-refractivity contribution < 1.29 is 0 Å². The van der Waals surface area contributed by atoms with Gasteiger partial charge in [0, 0.05) is 35.4 Å². The Hall–Kier alpha value is -2.33.